The number of hydrogen-bond acceptors (Lipinski definition) is 1. The summed E-state index contributed by atoms with van der Waals surface area (Å²) in [7, 11) is 0. The smallest absolute Gasteiger partial charge is 0.297 e. The lowest BCUT2D eigenvalue weighted by Gasteiger charge is -1.88. The monoisotopic (exact) mass is 120 g/mol. The van der Waals surface area contributed by atoms with E-state index in [1.807, 2.05) is 6.07 Å². The molecule has 0 rings (SSSR count). The molecular weight excluding hydrogens is 112 g/mol. The Labute approximate surface area is 55.2 Å². The number of allylic oxidation sites excluding steroid dienone is 1. The van der Waals surface area contributed by atoms with E-state index in [-0.39, 0.29) is 0 Å². The number of hydrogen-bond donors (Lipinski definition) is 0. The van der Waals surface area contributed by atoms with Gasteiger partial charge in [-0.2, -0.15) is 5.26 Å². The topological polar surface area (TPSA) is 28.1 Å². The first-order valence-corrected chi connectivity index (χ1v) is 2.72. The van der Waals surface area contributed by atoms with Crippen LogP contribution in [0.3, 0.4) is 0 Å². The van der Waals surface area contributed by atoms with Crippen LogP contribution in [0.15, 0.2) is 12.7 Å². The van der Waals surface area contributed by atoms with Crippen molar-refractivity contribution in [1.29, 1.82) is 5.26 Å². The van der Waals surface area contributed by atoms with Crippen LogP contribution < -0.4 is 0 Å². The van der Waals surface area contributed by atoms with Crippen LogP contribution in [0.25, 0.3) is 4.85 Å². The third kappa shape index (κ3) is 3.32. The molecule has 2 heteroatoms. The van der Waals surface area contributed by atoms with E-state index in [9.17, 15) is 0 Å². The Kier molecular flexibility index (Phi) is 4.18. The van der Waals surface area contributed by atoms with Gasteiger partial charge in [-0.3, -0.25) is 4.85 Å². The molecule has 0 N–H and O–H groups in total. The molecule has 0 saturated heterocycles. The summed E-state index contributed by atoms with van der Waals surface area (Å²) in [5.74, 6) is 0. The number of nitriles is 1. The molecule has 0 fully saturated rings. The van der Waals surface area contributed by atoms with Crippen LogP contribution in [0.4, 0.5) is 0 Å². The second kappa shape index (κ2) is 4.87. The Balaban J connectivity index is 3.50. The summed E-state index contributed by atoms with van der Waals surface area (Å²) >= 11 is 0. The molecule has 1 unspecified atom stereocenters. The van der Waals surface area contributed by atoms with Gasteiger partial charge in [0.2, 0.25) is 0 Å². The summed E-state index contributed by atoms with van der Waals surface area (Å²) in [4.78, 5) is 3.09. The van der Waals surface area contributed by atoms with E-state index in [2.05, 4.69) is 11.4 Å². The van der Waals surface area contributed by atoms with Crippen LogP contribution >= 0.6 is 0 Å². The average molecular weight is 120 g/mol. The van der Waals surface area contributed by atoms with Gasteiger partial charge in [-0.15, -0.1) is 6.58 Å². The van der Waals surface area contributed by atoms with Gasteiger partial charge in [0.05, 0.1) is 0 Å². The van der Waals surface area contributed by atoms with Crippen molar-refractivity contribution >= 4 is 0 Å². The minimum atomic E-state index is -0.469. The van der Waals surface area contributed by atoms with Gasteiger partial charge in [0.1, 0.15) is 0 Å². The number of nitrogens with zero attached hydrogens (tertiary/aromatic N) is 2. The van der Waals surface area contributed by atoms with Crippen LogP contribution in [-0.4, -0.2) is 6.04 Å². The van der Waals surface area contributed by atoms with Crippen LogP contribution in [0, 0.1) is 17.9 Å². The molecule has 0 aromatic rings. The second-order valence-corrected chi connectivity index (χ2v) is 1.64. The fraction of sp³-hybridized carbons (Fsp3) is 0.429. The Morgan fingerprint density at radius 1 is 1.89 bits per heavy atom. The molecule has 0 aliphatic heterocycles. The summed E-state index contributed by atoms with van der Waals surface area (Å²) in [6, 6.07) is 1.42. The highest BCUT2D eigenvalue weighted by atomic mass is 14.7. The van der Waals surface area contributed by atoms with E-state index in [4.69, 9.17) is 11.8 Å². The van der Waals surface area contributed by atoms with Crippen molar-refractivity contribution in [3.8, 4) is 6.07 Å². The number of rotatable bonds is 3. The zero-order valence-corrected chi connectivity index (χ0v) is 5.17. The maximum atomic E-state index is 8.25. The molecule has 0 spiro atoms. The first-order chi connectivity index (χ1) is 4.35. The van der Waals surface area contributed by atoms with Crippen molar-refractivity contribution in [2.24, 2.45) is 0 Å². The Morgan fingerprint density at radius 3 is 2.89 bits per heavy atom. The highest BCUT2D eigenvalue weighted by Gasteiger charge is 2.06. The molecule has 1 atom stereocenters. The molecule has 0 saturated carbocycles. The first kappa shape index (κ1) is 7.72. The van der Waals surface area contributed by atoms with Crippen LogP contribution in [0.2, 0.25) is 0 Å². The van der Waals surface area contributed by atoms with Crippen molar-refractivity contribution in [2.75, 3.05) is 0 Å². The van der Waals surface area contributed by atoms with Gasteiger partial charge in [0.15, 0.2) is 6.07 Å². The maximum absolute atomic E-state index is 8.25. The predicted molar refractivity (Wildman–Crippen MR) is 35.4 cm³/mol. The van der Waals surface area contributed by atoms with Gasteiger partial charge in [-0.1, -0.05) is 6.08 Å². The zero-order valence-electron chi connectivity index (χ0n) is 5.17. The highest BCUT2D eigenvalue weighted by molar-refractivity contribution is 4.98. The molecule has 0 amide bonds. The summed E-state index contributed by atoms with van der Waals surface area (Å²) in [6.07, 6.45) is 3.08. The molecule has 9 heavy (non-hydrogen) atoms. The van der Waals surface area contributed by atoms with E-state index >= 15 is 0 Å². The highest BCUT2D eigenvalue weighted by Crippen LogP contribution is 1.99. The Morgan fingerprint density at radius 2 is 2.56 bits per heavy atom. The lowest BCUT2D eigenvalue weighted by atomic mass is 10.2. The normalized spacial score (nSPS) is 10.9. The van der Waals surface area contributed by atoms with E-state index in [1.54, 1.807) is 6.08 Å². The SMILES string of the molecule is [C-]#[N+]C(C#N)CCC=C. The van der Waals surface area contributed by atoms with E-state index in [0.717, 1.165) is 6.42 Å². The molecule has 0 aromatic carbocycles. The van der Waals surface area contributed by atoms with Crippen LogP contribution in [-0.2, 0) is 0 Å². The fourth-order valence-electron chi connectivity index (χ4n) is 0.434. The van der Waals surface area contributed by atoms with Crippen molar-refractivity contribution < 1.29 is 0 Å². The standard InChI is InChI=1S/C7H8N2/c1-3-4-5-7(6-8)9-2/h3,7H,1,4-5H2. The summed E-state index contributed by atoms with van der Waals surface area (Å²) in [5.41, 5.74) is 0. The minimum absolute atomic E-state index is 0.469. The molecule has 0 heterocycles. The zero-order chi connectivity index (χ0) is 7.11. The third-order valence-corrected chi connectivity index (χ3v) is 0.949. The lowest BCUT2D eigenvalue weighted by Crippen LogP contribution is -1.94. The molecule has 0 aromatic heterocycles. The van der Waals surface area contributed by atoms with E-state index < -0.39 is 6.04 Å². The minimum Gasteiger partial charge on any atom is -0.297 e. The van der Waals surface area contributed by atoms with Gasteiger partial charge >= 0.3 is 6.04 Å². The summed E-state index contributed by atoms with van der Waals surface area (Å²) in [6.45, 7) is 10.00. The molecule has 0 bridgehead atoms. The molecule has 0 aliphatic rings. The van der Waals surface area contributed by atoms with E-state index in [0.29, 0.717) is 6.42 Å². The Bertz CT molecular complexity index is 145. The van der Waals surface area contributed by atoms with Gasteiger partial charge in [0.25, 0.3) is 0 Å². The van der Waals surface area contributed by atoms with Gasteiger partial charge in [0, 0.05) is 6.42 Å². The molecule has 2 nitrogen and oxygen atoms in total. The van der Waals surface area contributed by atoms with Crippen molar-refractivity contribution in [3.63, 3.8) is 0 Å². The second-order valence-electron chi connectivity index (χ2n) is 1.64. The summed E-state index contributed by atoms with van der Waals surface area (Å²) in [5, 5.41) is 8.25. The fourth-order valence-corrected chi connectivity index (χ4v) is 0.434. The largest absolute Gasteiger partial charge is 0.307 e. The van der Waals surface area contributed by atoms with Crippen molar-refractivity contribution in [2.45, 2.75) is 18.9 Å². The van der Waals surface area contributed by atoms with Crippen molar-refractivity contribution in [3.05, 3.63) is 24.1 Å². The summed E-state index contributed by atoms with van der Waals surface area (Å²) < 4.78 is 0. The third-order valence-electron chi connectivity index (χ3n) is 0.949. The predicted octanol–water partition coefficient (Wildman–Crippen LogP) is 1.76. The first-order valence-electron chi connectivity index (χ1n) is 2.72. The molecule has 0 radical (unpaired) electrons. The molecular formula is C7H8N2. The van der Waals surface area contributed by atoms with E-state index in [1.165, 1.54) is 0 Å². The maximum Gasteiger partial charge on any atom is 0.307 e. The van der Waals surface area contributed by atoms with Gasteiger partial charge < -0.3 is 0 Å². The molecule has 46 valence electrons. The quantitative estimate of drug-likeness (QED) is 0.412. The molecule has 0 aliphatic carbocycles. The van der Waals surface area contributed by atoms with Gasteiger partial charge in [-0.05, 0) is 6.42 Å². The Hall–Kier alpha value is -1.28. The lowest BCUT2D eigenvalue weighted by molar-refractivity contribution is 0.826. The average Bonchev–Trinajstić information content (AvgIpc) is 1.91. The van der Waals surface area contributed by atoms with Crippen LogP contribution in [0.5, 0.6) is 0 Å². The van der Waals surface area contributed by atoms with Gasteiger partial charge in [-0.25, -0.2) is 6.57 Å². The van der Waals surface area contributed by atoms with Crippen molar-refractivity contribution in [1.82, 2.24) is 0 Å². The van der Waals surface area contributed by atoms with Crippen LogP contribution in [0.1, 0.15) is 12.8 Å².